The van der Waals surface area contributed by atoms with E-state index in [0.29, 0.717) is 17.4 Å². The van der Waals surface area contributed by atoms with Crippen LogP contribution in [0.25, 0.3) is 0 Å². The number of aliphatic imine (C=N–C) groups is 1. The molecule has 8 heteroatoms. The van der Waals surface area contributed by atoms with Crippen molar-refractivity contribution in [1.82, 2.24) is 15.2 Å². The molecule has 1 aromatic carbocycles. The maximum Gasteiger partial charge on any atom is 0.195 e. The molecule has 2 aromatic rings. The summed E-state index contributed by atoms with van der Waals surface area (Å²) in [6, 6.07) is 5.78. The highest BCUT2D eigenvalue weighted by Crippen LogP contribution is 2.29. The Kier molecular flexibility index (Phi) is 8.33. The van der Waals surface area contributed by atoms with Crippen LogP contribution in [0.5, 0.6) is 11.5 Å². The van der Waals surface area contributed by atoms with Crippen LogP contribution in [-0.2, 0) is 6.54 Å². The van der Waals surface area contributed by atoms with Gasteiger partial charge in [-0.15, -0.1) is 11.3 Å². The minimum absolute atomic E-state index is 0.610. The molecule has 7 nitrogen and oxygen atoms in total. The smallest absolute Gasteiger partial charge is 0.195 e. The van der Waals surface area contributed by atoms with Crippen molar-refractivity contribution in [2.24, 2.45) is 10.9 Å². The quantitative estimate of drug-likeness (QED) is 0.490. The fourth-order valence-corrected chi connectivity index (χ4v) is 4.22. The molecule has 2 N–H and O–H groups in total. The third kappa shape index (κ3) is 6.34. The first kappa shape index (κ1) is 22.4. The first-order valence-corrected chi connectivity index (χ1v) is 11.4. The van der Waals surface area contributed by atoms with Gasteiger partial charge in [0.2, 0.25) is 0 Å². The number of aromatic nitrogens is 1. The molecule has 3 rings (SSSR count). The summed E-state index contributed by atoms with van der Waals surface area (Å²) in [6.45, 7) is 8.95. The zero-order valence-electron chi connectivity index (χ0n) is 18.4. The van der Waals surface area contributed by atoms with Crippen molar-refractivity contribution >= 4 is 23.0 Å². The summed E-state index contributed by atoms with van der Waals surface area (Å²) >= 11 is 1.73. The Morgan fingerprint density at radius 2 is 2.00 bits per heavy atom. The van der Waals surface area contributed by atoms with Crippen molar-refractivity contribution in [3.8, 4) is 11.5 Å². The maximum absolute atomic E-state index is 5.39. The van der Waals surface area contributed by atoms with E-state index >= 15 is 0 Å². The molecule has 0 saturated carbocycles. The number of nitrogens with one attached hydrogen (secondary N) is 2. The highest BCUT2D eigenvalue weighted by molar-refractivity contribution is 7.09. The van der Waals surface area contributed by atoms with E-state index in [1.807, 2.05) is 18.2 Å². The average molecular weight is 432 g/mol. The number of anilines is 1. The van der Waals surface area contributed by atoms with Gasteiger partial charge in [-0.05, 0) is 57.8 Å². The summed E-state index contributed by atoms with van der Waals surface area (Å²) < 4.78 is 10.7. The van der Waals surface area contributed by atoms with Crippen molar-refractivity contribution in [3.05, 3.63) is 34.3 Å². The molecule has 0 spiro atoms. The fourth-order valence-electron chi connectivity index (χ4n) is 3.62. The molecule has 30 heavy (non-hydrogen) atoms. The third-order valence-corrected chi connectivity index (χ3v) is 6.08. The van der Waals surface area contributed by atoms with Gasteiger partial charge in [-0.1, -0.05) is 0 Å². The summed E-state index contributed by atoms with van der Waals surface area (Å²) in [4.78, 5) is 11.9. The number of methoxy groups -OCH3 is 2. The minimum Gasteiger partial charge on any atom is -0.493 e. The summed E-state index contributed by atoms with van der Waals surface area (Å²) in [7, 11) is 3.28. The number of thiazole rings is 1. The molecule has 1 aliphatic heterocycles. The monoisotopic (exact) mass is 431 g/mol. The van der Waals surface area contributed by atoms with Gasteiger partial charge in [-0.25, -0.2) is 4.98 Å². The number of nitrogens with zero attached hydrogens (tertiary/aromatic N) is 3. The first-order chi connectivity index (χ1) is 14.6. The maximum atomic E-state index is 5.39. The Balaban J connectivity index is 1.52. The van der Waals surface area contributed by atoms with Crippen molar-refractivity contribution < 1.29 is 9.47 Å². The SMILES string of the molecule is CCNC(=NCC1CCN(Cc2csc(C)n2)CC1)Nc1ccc(OC)c(OC)c1. The zero-order valence-corrected chi connectivity index (χ0v) is 19.2. The van der Waals surface area contributed by atoms with Crippen LogP contribution < -0.4 is 20.1 Å². The van der Waals surface area contributed by atoms with E-state index in [1.54, 1.807) is 25.6 Å². The summed E-state index contributed by atoms with van der Waals surface area (Å²) in [6.07, 6.45) is 2.34. The lowest BCUT2D eigenvalue weighted by atomic mass is 9.97. The van der Waals surface area contributed by atoms with Crippen LogP contribution in [0.4, 0.5) is 5.69 Å². The highest BCUT2D eigenvalue weighted by atomic mass is 32.1. The first-order valence-electron chi connectivity index (χ1n) is 10.5. The van der Waals surface area contributed by atoms with Crippen LogP contribution in [0.2, 0.25) is 0 Å². The summed E-state index contributed by atoms with van der Waals surface area (Å²) in [5, 5.41) is 10.0. The number of hydrogen-bond acceptors (Lipinski definition) is 6. The number of hydrogen-bond donors (Lipinski definition) is 2. The van der Waals surface area contributed by atoms with E-state index in [0.717, 1.165) is 49.4 Å². The minimum atomic E-state index is 0.610. The van der Waals surface area contributed by atoms with Crippen molar-refractivity contribution in [1.29, 1.82) is 0 Å². The predicted octanol–water partition coefficient (Wildman–Crippen LogP) is 3.76. The van der Waals surface area contributed by atoms with Gasteiger partial charge in [-0.2, -0.15) is 0 Å². The molecule has 1 aromatic heterocycles. The van der Waals surface area contributed by atoms with Crippen molar-refractivity contribution in [2.75, 3.05) is 45.7 Å². The average Bonchev–Trinajstić information content (AvgIpc) is 3.17. The molecule has 0 unspecified atom stereocenters. The molecular weight excluding hydrogens is 398 g/mol. The van der Waals surface area contributed by atoms with Crippen LogP contribution in [0, 0.1) is 12.8 Å². The molecular formula is C22H33N5O2S. The van der Waals surface area contributed by atoms with Crippen molar-refractivity contribution in [3.63, 3.8) is 0 Å². The van der Waals surface area contributed by atoms with Gasteiger partial charge < -0.3 is 20.1 Å². The lowest BCUT2D eigenvalue weighted by molar-refractivity contribution is 0.179. The Bertz CT molecular complexity index is 831. The summed E-state index contributed by atoms with van der Waals surface area (Å²) in [5.74, 6) is 2.81. The molecule has 1 aliphatic rings. The van der Waals surface area contributed by atoms with Gasteiger partial charge in [0, 0.05) is 36.8 Å². The third-order valence-electron chi connectivity index (χ3n) is 5.26. The van der Waals surface area contributed by atoms with Crippen LogP contribution in [-0.4, -0.2) is 56.2 Å². The van der Waals surface area contributed by atoms with E-state index in [2.05, 4.69) is 39.7 Å². The second kappa shape index (κ2) is 11.2. The molecule has 0 amide bonds. The van der Waals surface area contributed by atoms with E-state index in [-0.39, 0.29) is 0 Å². The molecule has 0 bridgehead atoms. The lowest BCUT2D eigenvalue weighted by Crippen LogP contribution is -2.35. The summed E-state index contributed by atoms with van der Waals surface area (Å²) in [5.41, 5.74) is 2.11. The molecule has 1 fully saturated rings. The molecule has 0 aliphatic carbocycles. The fraction of sp³-hybridized carbons (Fsp3) is 0.545. The molecule has 1 saturated heterocycles. The number of benzene rings is 1. The van der Waals surface area contributed by atoms with E-state index in [1.165, 1.54) is 18.5 Å². The normalized spacial score (nSPS) is 15.8. The van der Waals surface area contributed by atoms with Gasteiger partial charge in [0.1, 0.15) is 0 Å². The zero-order chi connectivity index (χ0) is 21.3. The molecule has 0 radical (unpaired) electrons. The topological polar surface area (TPSA) is 71.0 Å². The number of likely N-dealkylation sites (tertiary alicyclic amines) is 1. The molecule has 164 valence electrons. The van der Waals surface area contributed by atoms with E-state index in [4.69, 9.17) is 14.5 Å². The highest BCUT2D eigenvalue weighted by Gasteiger charge is 2.20. The second-order valence-electron chi connectivity index (χ2n) is 7.49. The number of piperidine rings is 1. The van der Waals surface area contributed by atoms with E-state index in [9.17, 15) is 0 Å². The van der Waals surface area contributed by atoms with Gasteiger partial charge in [-0.3, -0.25) is 9.89 Å². The van der Waals surface area contributed by atoms with Crippen molar-refractivity contribution in [2.45, 2.75) is 33.2 Å². The predicted molar refractivity (Wildman–Crippen MR) is 124 cm³/mol. The number of ether oxygens (including phenoxy) is 2. The van der Waals surface area contributed by atoms with Crippen LogP contribution in [0.15, 0.2) is 28.6 Å². The Hall–Kier alpha value is -2.32. The number of rotatable bonds is 8. The van der Waals surface area contributed by atoms with Crippen LogP contribution in [0.1, 0.15) is 30.5 Å². The second-order valence-corrected chi connectivity index (χ2v) is 8.55. The van der Waals surface area contributed by atoms with Gasteiger partial charge in [0.05, 0.1) is 24.9 Å². The lowest BCUT2D eigenvalue weighted by Gasteiger charge is -2.30. The van der Waals surface area contributed by atoms with Crippen LogP contribution >= 0.6 is 11.3 Å². The molecule has 2 heterocycles. The Morgan fingerprint density at radius 1 is 1.23 bits per heavy atom. The van der Waals surface area contributed by atoms with Crippen LogP contribution in [0.3, 0.4) is 0 Å². The number of aryl methyl sites for hydroxylation is 1. The standard InChI is InChI=1S/C22H33N5O2S/c1-5-23-22(26-18-6-7-20(28-3)21(12-18)29-4)24-13-17-8-10-27(11-9-17)14-19-15-30-16(2)25-19/h6-7,12,15,17H,5,8-11,13-14H2,1-4H3,(H2,23,24,26). The Morgan fingerprint density at radius 3 is 2.63 bits per heavy atom. The van der Waals surface area contributed by atoms with Gasteiger partial charge in [0.15, 0.2) is 17.5 Å². The number of guanidine groups is 1. The van der Waals surface area contributed by atoms with Gasteiger partial charge >= 0.3 is 0 Å². The Labute approximate surface area is 183 Å². The molecule has 0 atom stereocenters. The largest absolute Gasteiger partial charge is 0.493 e. The van der Waals surface area contributed by atoms with Gasteiger partial charge in [0.25, 0.3) is 0 Å². The van der Waals surface area contributed by atoms with E-state index < -0.39 is 0 Å².